The van der Waals surface area contributed by atoms with Gasteiger partial charge in [-0.15, -0.1) is 0 Å². The smallest absolute Gasteiger partial charge is 0.303 e. The van der Waals surface area contributed by atoms with Crippen molar-refractivity contribution in [2.45, 2.75) is 38.1 Å². The average molecular weight is 355 g/mol. The summed E-state index contributed by atoms with van der Waals surface area (Å²) in [5.41, 5.74) is 0.522. The second-order valence-corrected chi connectivity index (χ2v) is 6.25. The fraction of sp³-hybridized carbons (Fsp3) is 0.368. The van der Waals surface area contributed by atoms with Crippen LogP contribution in [-0.4, -0.2) is 44.4 Å². The fourth-order valence-corrected chi connectivity index (χ4v) is 3.18. The molecule has 136 valence electrons. The van der Waals surface area contributed by atoms with E-state index in [4.69, 9.17) is 9.84 Å². The first-order valence-corrected chi connectivity index (χ1v) is 8.70. The SMILES string of the molecule is O=C(O)CCC1CCCCN1C(=O)c1cccc(Oc2cnccn2)c1. The minimum atomic E-state index is -0.831. The lowest BCUT2D eigenvalue weighted by Crippen LogP contribution is -2.43. The predicted molar refractivity (Wildman–Crippen MR) is 94.1 cm³/mol. The van der Waals surface area contributed by atoms with Crippen molar-refractivity contribution in [2.75, 3.05) is 6.54 Å². The Morgan fingerprint density at radius 2 is 2.15 bits per heavy atom. The number of amides is 1. The van der Waals surface area contributed by atoms with Gasteiger partial charge in [-0.25, -0.2) is 4.98 Å². The van der Waals surface area contributed by atoms with Gasteiger partial charge in [0.15, 0.2) is 0 Å². The molecule has 1 aliphatic heterocycles. The van der Waals surface area contributed by atoms with Crippen LogP contribution in [-0.2, 0) is 4.79 Å². The molecular weight excluding hydrogens is 334 g/mol. The lowest BCUT2D eigenvalue weighted by atomic mass is 9.97. The highest BCUT2D eigenvalue weighted by molar-refractivity contribution is 5.95. The Labute approximate surface area is 151 Å². The number of carbonyl (C=O) groups excluding carboxylic acids is 1. The number of likely N-dealkylation sites (tertiary alicyclic amines) is 1. The monoisotopic (exact) mass is 355 g/mol. The highest BCUT2D eigenvalue weighted by Crippen LogP contribution is 2.25. The van der Waals surface area contributed by atoms with Crippen LogP contribution in [0.5, 0.6) is 11.6 Å². The molecule has 1 aliphatic rings. The molecule has 1 amide bonds. The number of carbonyl (C=O) groups is 2. The molecule has 1 atom stereocenters. The fourth-order valence-electron chi connectivity index (χ4n) is 3.18. The number of benzene rings is 1. The first-order valence-electron chi connectivity index (χ1n) is 8.70. The molecular formula is C19H21N3O4. The third-order valence-electron chi connectivity index (χ3n) is 4.42. The molecule has 1 N–H and O–H groups in total. The van der Waals surface area contributed by atoms with Gasteiger partial charge in [-0.2, -0.15) is 0 Å². The van der Waals surface area contributed by atoms with Crippen LogP contribution >= 0.6 is 0 Å². The van der Waals surface area contributed by atoms with E-state index >= 15 is 0 Å². The number of rotatable bonds is 6. The maximum atomic E-state index is 13.0. The zero-order chi connectivity index (χ0) is 18.4. The Kier molecular flexibility index (Phi) is 5.78. The quantitative estimate of drug-likeness (QED) is 0.856. The number of nitrogens with zero attached hydrogens (tertiary/aromatic N) is 3. The summed E-state index contributed by atoms with van der Waals surface area (Å²) in [6.07, 6.45) is 7.94. The Morgan fingerprint density at radius 1 is 1.27 bits per heavy atom. The molecule has 1 saturated heterocycles. The van der Waals surface area contributed by atoms with Gasteiger partial charge in [0.25, 0.3) is 5.91 Å². The number of piperidine rings is 1. The summed E-state index contributed by atoms with van der Waals surface area (Å²) >= 11 is 0. The molecule has 2 heterocycles. The summed E-state index contributed by atoms with van der Waals surface area (Å²) in [5.74, 6) is -0.0584. The van der Waals surface area contributed by atoms with Crippen molar-refractivity contribution in [3.8, 4) is 11.6 Å². The van der Waals surface area contributed by atoms with Gasteiger partial charge in [0.2, 0.25) is 5.88 Å². The lowest BCUT2D eigenvalue weighted by Gasteiger charge is -2.35. The van der Waals surface area contributed by atoms with Crippen molar-refractivity contribution < 1.29 is 19.4 Å². The Morgan fingerprint density at radius 3 is 2.92 bits per heavy atom. The summed E-state index contributed by atoms with van der Waals surface area (Å²) in [6.45, 7) is 0.651. The van der Waals surface area contributed by atoms with Gasteiger partial charge in [0.05, 0.1) is 6.20 Å². The van der Waals surface area contributed by atoms with Crippen molar-refractivity contribution in [3.05, 3.63) is 48.4 Å². The number of hydrogen-bond acceptors (Lipinski definition) is 5. The standard InChI is InChI=1S/C19H21N3O4/c23-18(24)8-7-15-5-1-2-11-22(15)19(25)14-4-3-6-16(12-14)26-17-13-20-9-10-21-17/h3-4,6,9-10,12-13,15H,1-2,5,7-8,11H2,(H,23,24). The molecule has 0 bridgehead atoms. The van der Waals surface area contributed by atoms with E-state index in [0.717, 1.165) is 19.3 Å². The van der Waals surface area contributed by atoms with Gasteiger partial charge in [-0.3, -0.25) is 14.6 Å². The summed E-state index contributed by atoms with van der Waals surface area (Å²) in [5, 5.41) is 8.93. The van der Waals surface area contributed by atoms with E-state index in [1.807, 2.05) is 0 Å². The van der Waals surface area contributed by atoms with Crippen LogP contribution in [0.1, 0.15) is 42.5 Å². The van der Waals surface area contributed by atoms with E-state index in [9.17, 15) is 9.59 Å². The Bertz CT molecular complexity index is 766. The highest BCUT2D eigenvalue weighted by Gasteiger charge is 2.28. The van der Waals surface area contributed by atoms with E-state index < -0.39 is 5.97 Å². The molecule has 1 aromatic heterocycles. The maximum Gasteiger partial charge on any atom is 0.303 e. The number of carboxylic acid groups (broad SMARTS) is 1. The highest BCUT2D eigenvalue weighted by atomic mass is 16.5. The first kappa shape index (κ1) is 17.8. The van der Waals surface area contributed by atoms with Gasteiger partial charge >= 0.3 is 5.97 Å². The molecule has 2 aromatic rings. The number of aliphatic carboxylic acids is 1. The van der Waals surface area contributed by atoms with Gasteiger partial charge in [-0.05, 0) is 43.9 Å². The van der Waals surface area contributed by atoms with Crippen molar-refractivity contribution >= 4 is 11.9 Å². The number of aromatic nitrogens is 2. The zero-order valence-corrected chi connectivity index (χ0v) is 14.4. The minimum Gasteiger partial charge on any atom is -0.481 e. The molecule has 7 nitrogen and oxygen atoms in total. The summed E-state index contributed by atoms with van der Waals surface area (Å²) < 4.78 is 5.64. The molecule has 7 heteroatoms. The van der Waals surface area contributed by atoms with Crippen LogP contribution in [0.15, 0.2) is 42.9 Å². The molecule has 1 aromatic carbocycles. The molecule has 0 saturated carbocycles. The molecule has 3 rings (SSSR count). The number of carboxylic acids is 1. The largest absolute Gasteiger partial charge is 0.481 e. The van der Waals surface area contributed by atoms with E-state index in [1.165, 1.54) is 12.4 Å². The van der Waals surface area contributed by atoms with Gasteiger partial charge in [-0.1, -0.05) is 6.07 Å². The lowest BCUT2D eigenvalue weighted by molar-refractivity contribution is -0.137. The molecule has 0 spiro atoms. The van der Waals surface area contributed by atoms with Crippen LogP contribution in [0.2, 0.25) is 0 Å². The normalized spacial score (nSPS) is 16.9. The van der Waals surface area contributed by atoms with Crippen molar-refractivity contribution in [3.63, 3.8) is 0 Å². The van der Waals surface area contributed by atoms with E-state index in [0.29, 0.717) is 30.2 Å². The Hall–Kier alpha value is -2.96. The van der Waals surface area contributed by atoms with E-state index in [-0.39, 0.29) is 18.4 Å². The van der Waals surface area contributed by atoms with Crippen molar-refractivity contribution in [1.29, 1.82) is 0 Å². The van der Waals surface area contributed by atoms with Gasteiger partial charge in [0, 0.05) is 37.0 Å². The summed E-state index contributed by atoms with van der Waals surface area (Å²) in [4.78, 5) is 33.6. The second-order valence-electron chi connectivity index (χ2n) is 6.25. The topological polar surface area (TPSA) is 92.6 Å². The van der Waals surface area contributed by atoms with Crippen LogP contribution in [0, 0.1) is 0 Å². The van der Waals surface area contributed by atoms with Crippen LogP contribution in [0.3, 0.4) is 0 Å². The first-order chi connectivity index (χ1) is 12.6. The Balaban J connectivity index is 1.73. The maximum absolute atomic E-state index is 13.0. The average Bonchev–Trinajstić information content (AvgIpc) is 2.67. The van der Waals surface area contributed by atoms with E-state index in [2.05, 4.69) is 9.97 Å². The van der Waals surface area contributed by atoms with Crippen LogP contribution < -0.4 is 4.74 Å². The number of ether oxygens (including phenoxy) is 1. The van der Waals surface area contributed by atoms with E-state index in [1.54, 1.807) is 35.4 Å². The third kappa shape index (κ3) is 4.56. The molecule has 0 radical (unpaired) electrons. The summed E-state index contributed by atoms with van der Waals surface area (Å²) in [7, 11) is 0. The number of hydrogen-bond donors (Lipinski definition) is 1. The van der Waals surface area contributed by atoms with Crippen molar-refractivity contribution in [2.24, 2.45) is 0 Å². The van der Waals surface area contributed by atoms with Crippen LogP contribution in [0.25, 0.3) is 0 Å². The van der Waals surface area contributed by atoms with Gasteiger partial charge < -0.3 is 14.7 Å². The van der Waals surface area contributed by atoms with Gasteiger partial charge in [0.1, 0.15) is 5.75 Å². The second kappa shape index (κ2) is 8.42. The molecule has 1 unspecified atom stereocenters. The molecule has 26 heavy (non-hydrogen) atoms. The van der Waals surface area contributed by atoms with Crippen molar-refractivity contribution in [1.82, 2.24) is 14.9 Å². The summed E-state index contributed by atoms with van der Waals surface area (Å²) in [6, 6.07) is 6.91. The van der Waals surface area contributed by atoms with Crippen LogP contribution in [0.4, 0.5) is 0 Å². The third-order valence-corrected chi connectivity index (χ3v) is 4.42. The predicted octanol–water partition coefficient (Wildman–Crippen LogP) is 3.13. The molecule has 1 fully saturated rings. The zero-order valence-electron chi connectivity index (χ0n) is 14.4. The minimum absolute atomic E-state index is 0.0306. The molecule has 0 aliphatic carbocycles.